The van der Waals surface area contributed by atoms with Crippen LogP contribution in [-0.2, 0) is 0 Å². The summed E-state index contributed by atoms with van der Waals surface area (Å²) >= 11 is 0. The SMILES string of the molecule is Cc1ccnc(NC(c2ccccc2[N+](=O)[O-])c2ccc3cccnc3c2O)c1. The highest BCUT2D eigenvalue weighted by molar-refractivity contribution is 5.86. The summed E-state index contributed by atoms with van der Waals surface area (Å²) in [4.78, 5) is 19.8. The predicted octanol–water partition coefficient (Wildman–Crippen LogP) is 4.75. The Morgan fingerprint density at radius 3 is 2.62 bits per heavy atom. The van der Waals surface area contributed by atoms with Gasteiger partial charge in [-0.3, -0.25) is 15.1 Å². The molecule has 0 amide bonds. The molecule has 2 aromatic heterocycles. The van der Waals surface area contributed by atoms with E-state index in [0.29, 0.717) is 22.5 Å². The van der Waals surface area contributed by atoms with Crippen LogP contribution in [0.2, 0.25) is 0 Å². The number of para-hydroxylation sites is 1. The maximum Gasteiger partial charge on any atom is 0.275 e. The van der Waals surface area contributed by atoms with Gasteiger partial charge in [-0.2, -0.15) is 0 Å². The van der Waals surface area contributed by atoms with E-state index in [1.54, 1.807) is 42.7 Å². The van der Waals surface area contributed by atoms with Crippen LogP contribution in [0.5, 0.6) is 5.75 Å². The second-order valence-electron chi connectivity index (χ2n) is 6.69. The lowest BCUT2D eigenvalue weighted by Gasteiger charge is -2.22. The fourth-order valence-electron chi connectivity index (χ4n) is 3.36. The van der Waals surface area contributed by atoms with E-state index in [9.17, 15) is 15.2 Å². The molecule has 29 heavy (non-hydrogen) atoms. The van der Waals surface area contributed by atoms with Gasteiger partial charge >= 0.3 is 0 Å². The summed E-state index contributed by atoms with van der Waals surface area (Å²) in [7, 11) is 0. The molecule has 1 unspecified atom stereocenters. The molecule has 0 bridgehead atoms. The number of nitro benzene ring substituents is 1. The van der Waals surface area contributed by atoms with Gasteiger partial charge in [0, 0.05) is 29.4 Å². The largest absolute Gasteiger partial charge is 0.505 e. The van der Waals surface area contributed by atoms with Crippen LogP contribution in [0.25, 0.3) is 10.9 Å². The van der Waals surface area contributed by atoms with Crippen molar-refractivity contribution in [3.8, 4) is 5.75 Å². The van der Waals surface area contributed by atoms with E-state index >= 15 is 0 Å². The van der Waals surface area contributed by atoms with Crippen molar-refractivity contribution in [2.24, 2.45) is 0 Å². The Hall–Kier alpha value is -4.00. The molecule has 0 radical (unpaired) electrons. The summed E-state index contributed by atoms with van der Waals surface area (Å²) in [5.41, 5.74) is 2.29. The summed E-state index contributed by atoms with van der Waals surface area (Å²) in [5, 5.41) is 26.6. The highest BCUT2D eigenvalue weighted by Crippen LogP contribution is 2.39. The summed E-state index contributed by atoms with van der Waals surface area (Å²) in [6.07, 6.45) is 3.26. The molecule has 2 N–H and O–H groups in total. The number of hydrogen-bond acceptors (Lipinski definition) is 6. The fraction of sp³-hybridized carbons (Fsp3) is 0.0909. The summed E-state index contributed by atoms with van der Waals surface area (Å²) < 4.78 is 0. The summed E-state index contributed by atoms with van der Waals surface area (Å²) in [6, 6.07) is 16.7. The standard InChI is InChI=1S/C22H18N4O3/c1-14-10-12-23-19(13-14)25-21(16-6-2-3-7-18(16)26(28)29)17-9-8-15-5-4-11-24-20(15)22(17)27/h2-13,21,27H,1H3,(H,23,25). The topological polar surface area (TPSA) is 101 Å². The number of benzene rings is 2. The highest BCUT2D eigenvalue weighted by atomic mass is 16.6. The first-order valence-corrected chi connectivity index (χ1v) is 9.03. The third-order valence-corrected chi connectivity index (χ3v) is 4.74. The number of nitro groups is 1. The Labute approximate surface area is 166 Å². The van der Waals surface area contributed by atoms with Gasteiger partial charge in [0.1, 0.15) is 17.1 Å². The van der Waals surface area contributed by atoms with Crippen LogP contribution in [-0.4, -0.2) is 20.0 Å². The zero-order chi connectivity index (χ0) is 20.4. The van der Waals surface area contributed by atoms with Gasteiger partial charge in [0.25, 0.3) is 5.69 Å². The van der Waals surface area contributed by atoms with Crippen LogP contribution >= 0.6 is 0 Å². The highest BCUT2D eigenvalue weighted by Gasteiger charge is 2.26. The van der Waals surface area contributed by atoms with E-state index in [1.165, 1.54) is 6.07 Å². The number of anilines is 1. The zero-order valence-electron chi connectivity index (χ0n) is 15.6. The Bertz CT molecular complexity index is 1210. The lowest BCUT2D eigenvalue weighted by Crippen LogP contribution is -2.15. The van der Waals surface area contributed by atoms with Crippen molar-refractivity contribution in [3.63, 3.8) is 0 Å². The lowest BCUT2D eigenvalue weighted by molar-refractivity contribution is -0.385. The van der Waals surface area contributed by atoms with Crippen molar-refractivity contribution in [2.75, 3.05) is 5.32 Å². The maximum atomic E-state index is 11.6. The average molecular weight is 386 g/mol. The van der Waals surface area contributed by atoms with Crippen LogP contribution < -0.4 is 5.32 Å². The van der Waals surface area contributed by atoms with Gasteiger partial charge in [-0.25, -0.2) is 4.98 Å². The molecule has 1 atom stereocenters. The van der Waals surface area contributed by atoms with E-state index in [0.717, 1.165) is 10.9 Å². The second-order valence-corrected chi connectivity index (χ2v) is 6.69. The van der Waals surface area contributed by atoms with E-state index in [4.69, 9.17) is 0 Å². The molecule has 4 rings (SSSR count). The van der Waals surface area contributed by atoms with Crippen molar-refractivity contribution in [3.05, 3.63) is 99.9 Å². The molecule has 7 nitrogen and oxygen atoms in total. The molecule has 2 aromatic carbocycles. The number of aromatic hydroxyl groups is 1. The van der Waals surface area contributed by atoms with Gasteiger partial charge < -0.3 is 10.4 Å². The molecule has 0 aliphatic carbocycles. The molecule has 0 spiro atoms. The first-order valence-electron chi connectivity index (χ1n) is 9.03. The number of aryl methyl sites for hydroxylation is 1. The van der Waals surface area contributed by atoms with Crippen molar-refractivity contribution in [1.82, 2.24) is 9.97 Å². The van der Waals surface area contributed by atoms with Gasteiger partial charge in [-0.05, 0) is 36.8 Å². The predicted molar refractivity (Wildman–Crippen MR) is 111 cm³/mol. The first-order chi connectivity index (χ1) is 14.0. The third-order valence-electron chi connectivity index (χ3n) is 4.74. The van der Waals surface area contributed by atoms with Crippen molar-refractivity contribution < 1.29 is 10.0 Å². The number of aromatic nitrogens is 2. The molecule has 144 valence electrons. The number of rotatable bonds is 5. The molecule has 0 saturated heterocycles. The van der Waals surface area contributed by atoms with Crippen molar-refractivity contribution in [2.45, 2.75) is 13.0 Å². The van der Waals surface area contributed by atoms with E-state index in [1.807, 2.05) is 31.2 Å². The third kappa shape index (κ3) is 3.58. The van der Waals surface area contributed by atoms with Crippen LogP contribution in [0.15, 0.2) is 73.1 Å². The summed E-state index contributed by atoms with van der Waals surface area (Å²) in [5.74, 6) is 0.528. The molecule has 0 aliphatic rings. The number of phenolic OH excluding ortho intramolecular Hbond substituents is 1. The van der Waals surface area contributed by atoms with E-state index < -0.39 is 11.0 Å². The van der Waals surface area contributed by atoms with Crippen LogP contribution in [0, 0.1) is 17.0 Å². The lowest BCUT2D eigenvalue weighted by atomic mass is 9.95. The molecule has 4 aromatic rings. The quantitative estimate of drug-likeness (QED) is 0.379. The molecular formula is C22H18N4O3. The molecule has 0 aliphatic heterocycles. The van der Waals surface area contributed by atoms with Crippen molar-refractivity contribution in [1.29, 1.82) is 0 Å². The van der Waals surface area contributed by atoms with Gasteiger partial charge in [-0.1, -0.05) is 30.3 Å². The fourth-order valence-corrected chi connectivity index (χ4v) is 3.36. The minimum atomic E-state index is -0.697. The first kappa shape index (κ1) is 18.4. The van der Waals surface area contributed by atoms with Gasteiger partial charge in [0.05, 0.1) is 16.5 Å². The second kappa shape index (κ2) is 7.55. The molecule has 0 fully saturated rings. The molecule has 0 saturated carbocycles. The maximum absolute atomic E-state index is 11.6. The summed E-state index contributed by atoms with van der Waals surface area (Å²) in [6.45, 7) is 1.93. The molecule has 7 heteroatoms. The number of nitrogens with one attached hydrogen (secondary N) is 1. The monoisotopic (exact) mass is 386 g/mol. The van der Waals surface area contributed by atoms with Crippen LogP contribution in [0.3, 0.4) is 0 Å². The molecular weight excluding hydrogens is 368 g/mol. The van der Waals surface area contributed by atoms with E-state index in [-0.39, 0.29) is 11.4 Å². The minimum absolute atomic E-state index is 0.0218. The number of hydrogen-bond donors (Lipinski definition) is 2. The number of fused-ring (bicyclic) bond motifs is 1. The average Bonchev–Trinajstić information content (AvgIpc) is 2.73. The Morgan fingerprint density at radius 2 is 1.83 bits per heavy atom. The van der Waals surface area contributed by atoms with Gasteiger partial charge in [-0.15, -0.1) is 0 Å². The zero-order valence-corrected chi connectivity index (χ0v) is 15.6. The van der Waals surface area contributed by atoms with Gasteiger partial charge in [0.2, 0.25) is 0 Å². The molecule has 2 heterocycles. The number of nitrogens with zero attached hydrogens (tertiary/aromatic N) is 3. The minimum Gasteiger partial charge on any atom is -0.505 e. The smallest absolute Gasteiger partial charge is 0.275 e. The Balaban J connectivity index is 1.92. The van der Waals surface area contributed by atoms with Crippen molar-refractivity contribution >= 4 is 22.4 Å². The van der Waals surface area contributed by atoms with Gasteiger partial charge in [0.15, 0.2) is 0 Å². The number of pyridine rings is 2. The number of phenols is 1. The Morgan fingerprint density at radius 1 is 1.00 bits per heavy atom. The van der Waals surface area contributed by atoms with E-state index in [2.05, 4.69) is 15.3 Å². The normalized spacial score (nSPS) is 11.9. The van der Waals surface area contributed by atoms with Crippen LogP contribution in [0.1, 0.15) is 22.7 Å². The Kier molecular flexibility index (Phi) is 4.78. The van der Waals surface area contributed by atoms with Crippen LogP contribution in [0.4, 0.5) is 11.5 Å².